The highest BCUT2D eigenvalue weighted by Crippen LogP contribution is 2.37. The van der Waals surface area contributed by atoms with Gasteiger partial charge in [-0.2, -0.15) is 0 Å². The zero-order chi connectivity index (χ0) is 14.1. The number of hydrogen-bond acceptors (Lipinski definition) is 1. The van der Waals surface area contributed by atoms with Gasteiger partial charge in [0.2, 0.25) is 0 Å². The molecule has 0 saturated heterocycles. The van der Waals surface area contributed by atoms with Crippen LogP contribution in [0, 0.1) is 6.92 Å². The Morgan fingerprint density at radius 3 is 2.85 bits per heavy atom. The van der Waals surface area contributed by atoms with Gasteiger partial charge in [0, 0.05) is 4.47 Å². The molecular formula is C17H16Br2O. The number of hydrogen-bond donors (Lipinski definition) is 0. The predicted octanol–water partition coefficient (Wildman–Crippen LogP) is 5.57. The molecule has 20 heavy (non-hydrogen) atoms. The molecule has 2 aromatic carbocycles. The van der Waals surface area contributed by atoms with Crippen molar-refractivity contribution in [2.75, 3.05) is 6.61 Å². The molecule has 0 spiro atoms. The van der Waals surface area contributed by atoms with E-state index in [4.69, 9.17) is 4.74 Å². The Bertz CT molecular complexity index is 637. The molecule has 3 rings (SSSR count). The number of aryl methyl sites for hydroxylation is 2. The highest BCUT2D eigenvalue weighted by molar-refractivity contribution is 9.10. The quantitative estimate of drug-likeness (QED) is 0.604. The highest BCUT2D eigenvalue weighted by atomic mass is 79.9. The first-order valence-electron chi connectivity index (χ1n) is 6.81. The van der Waals surface area contributed by atoms with E-state index in [-0.39, 0.29) is 4.83 Å². The third-order valence-corrected chi connectivity index (χ3v) is 5.25. The number of halogens is 2. The molecule has 0 bridgehead atoms. The van der Waals surface area contributed by atoms with Crippen molar-refractivity contribution in [3.8, 4) is 5.75 Å². The average molecular weight is 396 g/mol. The maximum atomic E-state index is 5.68. The Balaban J connectivity index is 1.97. The van der Waals surface area contributed by atoms with Crippen molar-refractivity contribution in [2.45, 2.75) is 24.6 Å². The molecule has 1 heterocycles. The summed E-state index contributed by atoms with van der Waals surface area (Å²) in [4.78, 5) is 0.215. The molecular weight excluding hydrogens is 380 g/mol. The SMILES string of the molecule is Cc1ccc(Br)cc1C(Br)c1ccc2c(c1)CCCO2. The van der Waals surface area contributed by atoms with Gasteiger partial charge in [-0.1, -0.05) is 50.1 Å². The Morgan fingerprint density at radius 2 is 2.00 bits per heavy atom. The van der Waals surface area contributed by atoms with Crippen LogP contribution in [0.4, 0.5) is 0 Å². The second-order valence-electron chi connectivity index (χ2n) is 5.18. The molecule has 1 atom stereocenters. The van der Waals surface area contributed by atoms with E-state index in [1.807, 2.05) is 0 Å². The van der Waals surface area contributed by atoms with Gasteiger partial charge in [0.05, 0.1) is 11.4 Å². The van der Waals surface area contributed by atoms with Crippen molar-refractivity contribution < 1.29 is 4.74 Å². The minimum Gasteiger partial charge on any atom is -0.493 e. The summed E-state index contributed by atoms with van der Waals surface area (Å²) in [7, 11) is 0. The standard InChI is InChI=1S/C17H16Br2O/c1-11-4-6-14(18)10-15(11)17(19)13-5-7-16-12(9-13)3-2-8-20-16/h4-7,9-10,17H,2-3,8H2,1H3. The minimum absolute atomic E-state index is 0.215. The van der Waals surface area contributed by atoms with Gasteiger partial charge in [-0.25, -0.2) is 0 Å². The van der Waals surface area contributed by atoms with E-state index in [9.17, 15) is 0 Å². The lowest BCUT2D eigenvalue weighted by Crippen LogP contribution is -2.09. The third kappa shape index (κ3) is 2.79. The van der Waals surface area contributed by atoms with Crippen molar-refractivity contribution in [3.05, 3.63) is 63.1 Å². The summed E-state index contributed by atoms with van der Waals surface area (Å²) in [6.45, 7) is 2.99. The topological polar surface area (TPSA) is 9.23 Å². The molecule has 1 unspecified atom stereocenters. The van der Waals surface area contributed by atoms with E-state index in [0.717, 1.165) is 29.7 Å². The highest BCUT2D eigenvalue weighted by Gasteiger charge is 2.17. The van der Waals surface area contributed by atoms with E-state index < -0.39 is 0 Å². The van der Waals surface area contributed by atoms with Gasteiger partial charge in [0.15, 0.2) is 0 Å². The zero-order valence-corrected chi connectivity index (χ0v) is 14.5. The smallest absolute Gasteiger partial charge is 0.122 e. The fourth-order valence-corrected chi connectivity index (χ4v) is 3.76. The van der Waals surface area contributed by atoms with Crippen molar-refractivity contribution in [3.63, 3.8) is 0 Å². The predicted molar refractivity (Wildman–Crippen MR) is 89.9 cm³/mol. The first-order chi connectivity index (χ1) is 9.65. The van der Waals surface area contributed by atoms with E-state index in [1.54, 1.807) is 0 Å². The molecule has 0 fully saturated rings. The van der Waals surface area contributed by atoms with Crippen molar-refractivity contribution >= 4 is 31.9 Å². The van der Waals surface area contributed by atoms with Crippen molar-refractivity contribution in [1.82, 2.24) is 0 Å². The second-order valence-corrected chi connectivity index (χ2v) is 7.01. The van der Waals surface area contributed by atoms with Crippen LogP contribution in [0.3, 0.4) is 0 Å². The van der Waals surface area contributed by atoms with Gasteiger partial charge in [-0.05, 0) is 60.2 Å². The molecule has 0 saturated carbocycles. The Kier molecular flexibility index (Phi) is 4.18. The monoisotopic (exact) mass is 394 g/mol. The lowest BCUT2D eigenvalue weighted by molar-refractivity contribution is 0.288. The number of ether oxygens (including phenoxy) is 1. The van der Waals surface area contributed by atoms with Crippen LogP contribution < -0.4 is 4.74 Å². The largest absolute Gasteiger partial charge is 0.493 e. The second kappa shape index (κ2) is 5.90. The number of benzene rings is 2. The van der Waals surface area contributed by atoms with Gasteiger partial charge >= 0.3 is 0 Å². The third-order valence-electron chi connectivity index (χ3n) is 3.74. The van der Waals surface area contributed by atoms with Gasteiger partial charge < -0.3 is 4.74 Å². The molecule has 3 heteroatoms. The normalized spacial score (nSPS) is 15.3. The molecule has 0 aromatic heterocycles. The fraction of sp³-hybridized carbons (Fsp3) is 0.294. The van der Waals surface area contributed by atoms with E-state index in [0.29, 0.717) is 0 Å². The van der Waals surface area contributed by atoms with E-state index >= 15 is 0 Å². The Hall–Kier alpha value is -0.800. The lowest BCUT2D eigenvalue weighted by Gasteiger charge is -2.20. The average Bonchev–Trinajstić information content (AvgIpc) is 2.48. The first kappa shape index (κ1) is 14.2. The van der Waals surface area contributed by atoms with Crippen LogP contribution in [0.2, 0.25) is 0 Å². The van der Waals surface area contributed by atoms with Crippen LogP contribution >= 0.6 is 31.9 Å². The molecule has 0 N–H and O–H groups in total. The Morgan fingerprint density at radius 1 is 1.15 bits per heavy atom. The van der Waals surface area contributed by atoms with Gasteiger partial charge in [0.1, 0.15) is 5.75 Å². The summed E-state index contributed by atoms with van der Waals surface area (Å²) in [6, 6.07) is 12.9. The molecule has 1 nitrogen and oxygen atoms in total. The fourth-order valence-electron chi connectivity index (χ4n) is 2.60. The Labute approximate surface area is 136 Å². The minimum atomic E-state index is 0.215. The van der Waals surface area contributed by atoms with Gasteiger partial charge in [-0.3, -0.25) is 0 Å². The van der Waals surface area contributed by atoms with Crippen LogP contribution in [0.15, 0.2) is 40.9 Å². The van der Waals surface area contributed by atoms with Gasteiger partial charge in [-0.15, -0.1) is 0 Å². The number of fused-ring (bicyclic) bond motifs is 1. The summed E-state index contributed by atoms with van der Waals surface area (Å²) in [5, 5.41) is 0. The maximum absolute atomic E-state index is 5.68. The van der Waals surface area contributed by atoms with E-state index in [1.165, 1.54) is 22.3 Å². The molecule has 0 aliphatic carbocycles. The summed E-state index contributed by atoms with van der Waals surface area (Å²) in [5.41, 5.74) is 5.21. The zero-order valence-electron chi connectivity index (χ0n) is 11.3. The molecule has 1 aliphatic rings. The van der Waals surface area contributed by atoms with Crippen LogP contribution in [0.25, 0.3) is 0 Å². The molecule has 1 aliphatic heterocycles. The molecule has 0 amide bonds. The van der Waals surface area contributed by atoms with Crippen molar-refractivity contribution in [2.24, 2.45) is 0 Å². The first-order valence-corrected chi connectivity index (χ1v) is 8.52. The summed E-state index contributed by atoms with van der Waals surface area (Å²) in [6.07, 6.45) is 2.22. The molecule has 0 radical (unpaired) electrons. The summed E-state index contributed by atoms with van der Waals surface area (Å²) >= 11 is 7.40. The van der Waals surface area contributed by atoms with Crippen LogP contribution in [-0.2, 0) is 6.42 Å². The maximum Gasteiger partial charge on any atom is 0.122 e. The van der Waals surface area contributed by atoms with Gasteiger partial charge in [0.25, 0.3) is 0 Å². The van der Waals surface area contributed by atoms with Crippen LogP contribution in [0.1, 0.15) is 33.5 Å². The van der Waals surface area contributed by atoms with Crippen molar-refractivity contribution in [1.29, 1.82) is 0 Å². The van der Waals surface area contributed by atoms with E-state index in [2.05, 4.69) is 75.2 Å². The number of rotatable bonds is 2. The number of alkyl halides is 1. The molecule has 104 valence electrons. The summed E-state index contributed by atoms with van der Waals surface area (Å²) < 4.78 is 6.80. The molecule has 2 aromatic rings. The van der Waals surface area contributed by atoms with Crippen LogP contribution in [0.5, 0.6) is 5.75 Å². The van der Waals surface area contributed by atoms with Crippen LogP contribution in [-0.4, -0.2) is 6.61 Å². The lowest BCUT2D eigenvalue weighted by atomic mass is 9.97. The summed E-state index contributed by atoms with van der Waals surface area (Å²) in [5.74, 6) is 1.05.